The summed E-state index contributed by atoms with van der Waals surface area (Å²) in [6.45, 7) is 8.47. The number of hydrogen-bond donors (Lipinski definition) is 0. The Bertz CT molecular complexity index is 882. The third-order valence-corrected chi connectivity index (χ3v) is 7.88. The van der Waals surface area contributed by atoms with Crippen LogP contribution in [0.5, 0.6) is 0 Å². The SMILES string of the molecule is C1C[SiH2]C1.CC1=[C-]CC=C1c1ccc(C)cc1.CC1=[C-]CC=C1c1ccc(C)cc1.[Cl-].[Cl-].[Zr+4]. The molecule has 1 aliphatic heterocycles. The van der Waals surface area contributed by atoms with E-state index in [-0.39, 0.29) is 51.0 Å². The molecule has 2 aromatic carbocycles. The molecule has 1 saturated heterocycles. The number of allylic oxidation sites excluding steroid dienone is 8. The first kappa shape index (κ1) is 32.1. The van der Waals surface area contributed by atoms with Crippen LogP contribution in [0.2, 0.25) is 12.1 Å². The summed E-state index contributed by atoms with van der Waals surface area (Å²) in [5.41, 5.74) is 10.5. The third-order valence-electron chi connectivity index (χ3n) is 5.88. The topological polar surface area (TPSA) is 0 Å². The summed E-state index contributed by atoms with van der Waals surface area (Å²) >= 11 is 0. The Morgan fingerprint density at radius 1 is 0.606 bits per heavy atom. The first-order valence-corrected chi connectivity index (χ1v) is 13.2. The van der Waals surface area contributed by atoms with E-state index in [4.69, 9.17) is 0 Å². The van der Waals surface area contributed by atoms with E-state index in [2.05, 4.69) is 101 Å². The minimum absolute atomic E-state index is 0. The van der Waals surface area contributed by atoms with E-state index in [1.807, 2.05) is 0 Å². The molecule has 0 spiro atoms. The molecule has 0 unspecified atom stereocenters. The van der Waals surface area contributed by atoms with E-state index in [0.717, 1.165) is 12.8 Å². The van der Waals surface area contributed by atoms with Gasteiger partial charge in [-0.25, -0.2) is 11.1 Å². The zero-order chi connectivity index (χ0) is 21.3. The summed E-state index contributed by atoms with van der Waals surface area (Å²) in [5.74, 6) is 0. The number of rotatable bonds is 2. The predicted molar refractivity (Wildman–Crippen MR) is 135 cm³/mol. The zero-order valence-electron chi connectivity index (χ0n) is 20.3. The molecule has 0 atom stereocenters. The van der Waals surface area contributed by atoms with Gasteiger partial charge in [0.05, 0.1) is 0 Å². The maximum Gasteiger partial charge on any atom is 4.00 e. The Kier molecular flexibility index (Phi) is 16.2. The summed E-state index contributed by atoms with van der Waals surface area (Å²) < 4.78 is 0. The van der Waals surface area contributed by atoms with Crippen molar-refractivity contribution < 1.29 is 51.0 Å². The minimum atomic E-state index is 0. The molecule has 0 nitrogen and oxygen atoms in total. The maximum atomic E-state index is 3.31. The van der Waals surface area contributed by atoms with Crippen LogP contribution in [0.4, 0.5) is 0 Å². The summed E-state index contributed by atoms with van der Waals surface area (Å²) in [6.07, 6.45) is 14.6. The van der Waals surface area contributed by atoms with Crippen LogP contribution in [-0.4, -0.2) is 9.52 Å². The molecule has 1 fully saturated rings. The average molecular weight is 573 g/mol. The molecule has 2 aliphatic carbocycles. The Hall–Kier alpha value is -0.920. The van der Waals surface area contributed by atoms with Gasteiger partial charge >= 0.3 is 26.2 Å². The van der Waals surface area contributed by atoms with Crippen molar-refractivity contribution in [2.24, 2.45) is 0 Å². The summed E-state index contributed by atoms with van der Waals surface area (Å²) in [4.78, 5) is 0. The van der Waals surface area contributed by atoms with Gasteiger partial charge in [0.2, 0.25) is 0 Å². The van der Waals surface area contributed by atoms with E-state index >= 15 is 0 Å². The van der Waals surface area contributed by atoms with Crippen LogP contribution in [0.25, 0.3) is 11.1 Å². The van der Waals surface area contributed by atoms with Gasteiger partial charge in [-0.15, -0.1) is 24.0 Å². The average Bonchev–Trinajstić information content (AvgIpc) is 3.31. The van der Waals surface area contributed by atoms with Crippen LogP contribution >= 0.6 is 0 Å². The molecule has 3 aliphatic rings. The molecule has 0 bridgehead atoms. The normalized spacial score (nSPS) is 15.2. The molecule has 33 heavy (non-hydrogen) atoms. The molecular formula is C29H34Cl2SiZr. The molecule has 172 valence electrons. The van der Waals surface area contributed by atoms with E-state index < -0.39 is 0 Å². The largest absolute Gasteiger partial charge is 4.00 e. The Labute approximate surface area is 235 Å². The van der Waals surface area contributed by atoms with Gasteiger partial charge in [0.25, 0.3) is 0 Å². The van der Waals surface area contributed by atoms with Gasteiger partial charge in [0.1, 0.15) is 0 Å². The number of hydrogen-bond acceptors (Lipinski definition) is 0. The van der Waals surface area contributed by atoms with Gasteiger partial charge in [0.15, 0.2) is 0 Å². The first-order chi connectivity index (χ1) is 14.5. The predicted octanol–water partition coefficient (Wildman–Crippen LogP) is 1.46. The monoisotopic (exact) mass is 570 g/mol. The molecule has 5 rings (SSSR count). The van der Waals surface area contributed by atoms with Crippen molar-refractivity contribution in [3.05, 3.63) is 106 Å². The molecule has 2 aromatic rings. The van der Waals surface area contributed by atoms with Crippen molar-refractivity contribution in [3.63, 3.8) is 0 Å². The standard InChI is InChI=1S/2C13H13.C3H8Si.2ClH.Zr/c2*1-10-6-8-12(9-7-10)13-5-3-4-11(13)2;1-2-4-3-1;;;/h2*5-9H,3H2,1-2H3;1-4H2;2*1H;/q2*-1;;;;+4/p-2. The molecular weight excluding hydrogens is 539 g/mol. The van der Waals surface area contributed by atoms with E-state index in [1.165, 1.54) is 44.5 Å². The molecule has 4 heteroatoms. The van der Waals surface area contributed by atoms with E-state index in [1.54, 1.807) is 18.5 Å². The smallest absolute Gasteiger partial charge is 1.00 e. The first-order valence-electron chi connectivity index (χ1n) is 11.2. The minimum Gasteiger partial charge on any atom is -1.00 e. The second-order valence-electron chi connectivity index (χ2n) is 8.39. The molecule has 0 amide bonds. The molecule has 0 N–H and O–H groups in total. The molecule has 1 heterocycles. The van der Waals surface area contributed by atoms with Gasteiger partial charge in [-0.05, 0) is 13.8 Å². The van der Waals surface area contributed by atoms with E-state index in [9.17, 15) is 0 Å². The van der Waals surface area contributed by atoms with Crippen molar-refractivity contribution in [1.29, 1.82) is 0 Å². The fourth-order valence-corrected chi connectivity index (χ4v) is 3.99. The number of halogens is 2. The van der Waals surface area contributed by atoms with Gasteiger partial charge < -0.3 is 24.8 Å². The van der Waals surface area contributed by atoms with Crippen molar-refractivity contribution >= 4 is 20.7 Å². The fraction of sp³-hybridized carbons (Fsp3) is 0.310. The summed E-state index contributed by atoms with van der Waals surface area (Å²) in [7, 11) is 0.605. The van der Waals surface area contributed by atoms with Crippen LogP contribution in [0.1, 0.15) is 55.4 Å². The van der Waals surface area contributed by atoms with Crippen molar-refractivity contribution in [3.8, 4) is 0 Å². The van der Waals surface area contributed by atoms with Crippen molar-refractivity contribution in [2.75, 3.05) is 0 Å². The van der Waals surface area contributed by atoms with Crippen LogP contribution in [0, 0.1) is 26.0 Å². The molecule has 0 aromatic heterocycles. The molecule has 0 saturated carbocycles. The van der Waals surface area contributed by atoms with Gasteiger partial charge in [-0.1, -0.05) is 92.0 Å². The second-order valence-corrected chi connectivity index (χ2v) is 10.5. The van der Waals surface area contributed by atoms with Crippen LogP contribution in [0.15, 0.2) is 71.8 Å². The second kappa shape index (κ2) is 16.7. The van der Waals surface area contributed by atoms with Gasteiger partial charge in [-0.3, -0.25) is 12.2 Å². The number of aryl methyl sites for hydroxylation is 2. The quantitative estimate of drug-likeness (QED) is 0.378. The maximum absolute atomic E-state index is 3.31. The zero-order valence-corrected chi connectivity index (χ0v) is 25.7. The van der Waals surface area contributed by atoms with Crippen LogP contribution in [-0.2, 0) is 26.2 Å². The van der Waals surface area contributed by atoms with Crippen LogP contribution in [0.3, 0.4) is 0 Å². The van der Waals surface area contributed by atoms with Crippen LogP contribution < -0.4 is 24.8 Å². The Balaban J connectivity index is 0.000000492. The third kappa shape index (κ3) is 10.1. The number of benzene rings is 2. The van der Waals surface area contributed by atoms with Gasteiger partial charge in [0, 0.05) is 9.52 Å². The van der Waals surface area contributed by atoms with Crippen molar-refractivity contribution in [1.82, 2.24) is 0 Å². The Morgan fingerprint density at radius 3 is 1.12 bits per heavy atom. The Morgan fingerprint density at radius 2 is 0.909 bits per heavy atom. The van der Waals surface area contributed by atoms with Crippen molar-refractivity contribution in [2.45, 2.75) is 59.0 Å². The summed E-state index contributed by atoms with van der Waals surface area (Å²) in [6, 6.07) is 20.6. The molecule has 0 radical (unpaired) electrons. The fourth-order valence-electron chi connectivity index (χ4n) is 3.49. The van der Waals surface area contributed by atoms with Gasteiger partial charge in [-0.2, -0.15) is 23.3 Å². The summed E-state index contributed by atoms with van der Waals surface area (Å²) in [5, 5.41) is 0. The van der Waals surface area contributed by atoms with E-state index in [0.29, 0.717) is 9.52 Å².